The van der Waals surface area contributed by atoms with Gasteiger partial charge in [-0.1, -0.05) is 18.2 Å². The SMILES string of the molecule is C[C@H](OC(=O)C1=CC=C[C@H](O)[C@H]1N)C(=O)O. The molecule has 3 atom stereocenters. The summed E-state index contributed by atoms with van der Waals surface area (Å²) in [6, 6.07) is -0.890. The van der Waals surface area contributed by atoms with E-state index in [0.717, 1.165) is 0 Å². The van der Waals surface area contributed by atoms with E-state index in [4.69, 9.17) is 10.8 Å². The predicted molar refractivity (Wildman–Crippen MR) is 54.4 cm³/mol. The largest absolute Gasteiger partial charge is 0.479 e. The highest BCUT2D eigenvalue weighted by atomic mass is 16.6. The lowest BCUT2D eigenvalue weighted by Crippen LogP contribution is -2.40. The number of esters is 1. The van der Waals surface area contributed by atoms with E-state index >= 15 is 0 Å². The summed E-state index contributed by atoms with van der Waals surface area (Å²) in [5.41, 5.74) is 5.62. The first-order valence-corrected chi connectivity index (χ1v) is 4.69. The molecule has 16 heavy (non-hydrogen) atoms. The van der Waals surface area contributed by atoms with Crippen LogP contribution >= 0.6 is 0 Å². The summed E-state index contributed by atoms with van der Waals surface area (Å²) >= 11 is 0. The van der Waals surface area contributed by atoms with Crippen molar-refractivity contribution in [1.82, 2.24) is 0 Å². The van der Waals surface area contributed by atoms with E-state index < -0.39 is 30.2 Å². The number of nitrogens with two attached hydrogens (primary N) is 1. The molecule has 0 aromatic heterocycles. The lowest BCUT2D eigenvalue weighted by Gasteiger charge is -2.21. The molecule has 0 aliphatic heterocycles. The Morgan fingerprint density at radius 1 is 1.56 bits per heavy atom. The average molecular weight is 227 g/mol. The van der Waals surface area contributed by atoms with Crippen LogP contribution in [0.3, 0.4) is 0 Å². The molecule has 6 nitrogen and oxygen atoms in total. The van der Waals surface area contributed by atoms with Crippen molar-refractivity contribution in [2.45, 2.75) is 25.2 Å². The van der Waals surface area contributed by atoms with Crippen LogP contribution in [-0.4, -0.2) is 40.4 Å². The first-order valence-electron chi connectivity index (χ1n) is 4.69. The van der Waals surface area contributed by atoms with E-state index in [1.54, 1.807) is 0 Å². The van der Waals surface area contributed by atoms with Gasteiger partial charge >= 0.3 is 11.9 Å². The van der Waals surface area contributed by atoms with Crippen LogP contribution in [0.25, 0.3) is 0 Å². The zero-order valence-corrected chi connectivity index (χ0v) is 8.66. The van der Waals surface area contributed by atoms with Gasteiger partial charge in [-0.25, -0.2) is 9.59 Å². The molecule has 0 bridgehead atoms. The van der Waals surface area contributed by atoms with Crippen molar-refractivity contribution in [3.63, 3.8) is 0 Å². The van der Waals surface area contributed by atoms with Crippen molar-refractivity contribution in [2.75, 3.05) is 0 Å². The van der Waals surface area contributed by atoms with Crippen molar-refractivity contribution in [3.05, 3.63) is 23.8 Å². The summed E-state index contributed by atoms with van der Waals surface area (Å²) in [6.45, 7) is 1.24. The number of allylic oxidation sites excluding steroid dienone is 2. The molecule has 0 spiro atoms. The molecule has 0 saturated heterocycles. The molecule has 0 radical (unpaired) electrons. The van der Waals surface area contributed by atoms with Crippen LogP contribution in [0.5, 0.6) is 0 Å². The smallest absolute Gasteiger partial charge is 0.344 e. The van der Waals surface area contributed by atoms with Crippen LogP contribution in [-0.2, 0) is 14.3 Å². The third-order valence-corrected chi connectivity index (χ3v) is 2.18. The van der Waals surface area contributed by atoms with Crippen LogP contribution in [0.15, 0.2) is 23.8 Å². The summed E-state index contributed by atoms with van der Waals surface area (Å²) in [6.07, 6.45) is 2.09. The van der Waals surface area contributed by atoms with Gasteiger partial charge in [0.25, 0.3) is 0 Å². The summed E-state index contributed by atoms with van der Waals surface area (Å²) in [5, 5.41) is 17.9. The van der Waals surface area contributed by atoms with Crippen molar-refractivity contribution < 1.29 is 24.5 Å². The Balaban J connectivity index is 2.71. The summed E-state index contributed by atoms with van der Waals surface area (Å²) in [7, 11) is 0. The molecular formula is C10H13NO5. The van der Waals surface area contributed by atoms with E-state index in [-0.39, 0.29) is 5.57 Å². The molecule has 1 rings (SSSR count). The first kappa shape index (κ1) is 12.4. The van der Waals surface area contributed by atoms with Gasteiger partial charge in [0.15, 0.2) is 6.10 Å². The zero-order chi connectivity index (χ0) is 12.3. The van der Waals surface area contributed by atoms with Crippen molar-refractivity contribution in [3.8, 4) is 0 Å². The molecule has 1 aliphatic rings. The van der Waals surface area contributed by atoms with Gasteiger partial charge in [-0.05, 0) is 6.92 Å². The number of aliphatic hydroxyl groups is 1. The maximum Gasteiger partial charge on any atom is 0.344 e. The number of carbonyl (C=O) groups excluding carboxylic acids is 1. The van der Waals surface area contributed by atoms with E-state index in [0.29, 0.717) is 0 Å². The fraction of sp³-hybridized carbons (Fsp3) is 0.400. The normalized spacial score (nSPS) is 25.8. The molecule has 0 aromatic rings. The lowest BCUT2D eigenvalue weighted by atomic mass is 9.97. The van der Waals surface area contributed by atoms with Gasteiger partial charge in [-0.15, -0.1) is 0 Å². The molecule has 0 heterocycles. The number of carboxylic acid groups (broad SMARTS) is 1. The number of ether oxygens (including phenoxy) is 1. The molecule has 0 amide bonds. The zero-order valence-electron chi connectivity index (χ0n) is 8.66. The van der Waals surface area contributed by atoms with Gasteiger partial charge in [-0.2, -0.15) is 0 Å². The van der Waals surface area contributed by atoms with Gasteiger partial charge in [0.2, 0.25) is 0 Å². The Hall–Kier alpha value is -1.66. The monoisotopic (exact) mass is 227 g/mol. The number of aliphatic carboxylic acids is 1. The number of rotatable bonds is 3. The number of hydrogen-bond acceptors (Lipinski definition) is 5. The summed E-state index contributed by atoms with van der Waals surface area (Å²) < 4.78 is 4.64. The fourth-order valence-electron chi connectivity index (χ4n) is 1.17. The van der Waals surface area contributed by atoms with Gasteiger partial charge in [0.05, 0.1) is 17.7 Å². The Bertz CT molecular complexity index is 360. The van der Waals surface area contributed by atoms with Gasteiger partial charge in [0, 0.05) is 0 Å². The van der Waals surface area contributed by atoms with Crippen molar-refractivity contribution >= 4 is 11.9 Å². The third-order valence-electron chi connectivity index (χ3n) is 2.18. The number of carboxylic acids is 1. The molecule has 0 aromatic carbocycles. The lowest BCUT2D eigenvalue weighted by molar-refractivity contribution is -0.160. The highest BCUT2D eigenvalue weighted by Crippen LogP contribution is 2.14. The van der Waals surface area contributed by atoms with Crippen LogP contribution < -0.4 is 5.73 Å². The molecule has 0 saturated carbocycles. The summed E-state index contributed by atoms with van der Waals surface area (Å²) in [5.74, 6) is -2.07. The minimum absolute atomic E-state index is 0.0584. The van der Waals surface area contributed by atoms with Crippen LogP contribution in [0.4, 0.5) is 0 Å². The molecule has 0 fully saturated rings. The second kappa shape index (κ2) is 4.91. The number of aliphatic hydroxyl groups excluding tert-OH is 1. The fourth-order valence-corrected chi connectivity index (χ4v) is 1.17. The Morgan fingerprint density at radius 2 is 2.19 bits per heavy atom. The Morgan fingerprint density at radius 3 is 2.75 bits per heavy atom. The third kappa shape index (κ3) is 2.68. The van der Waals surface area contributed by atoms with Crippen LogP contribution in [0, 0.1) is 0 Å². The molecular weight excluding hydrogens is 214 g/mol. The maximum atomic E-state index is 11.5. The molecule has 1 aliphatic carbocycles. The number of hydrogen-bond donors (Lipinski definition) is 3. The van der Waals surface area contributed by atoms with Gasteiger partial charge in [0.1, 0.15) is 0 Å². The first-order chi connectivity index (χ1) is 7.43. The molecule has 88 valence electrons. The number of carbonyl (C=O) groups is 2. The molecule has 0 unspecified atom stereocenters. The quantitative estimate of drug-likeness (QED) is 0.544. The topological polar surface area (TPSA) is 110 Å². The van der Waals surface area contributed by atoms with Crippen molar-refractivity contribution in [1.29, 1.82) is 0 Å². The van der Waals surface area contributed by atoms with E-state index in [1.165, 1.54) is 25.2 Å². The Kier molecular flexibility index (Phi) is 3.81. The van der Waals surface area contributed by atoms with Crippen molar-refractivity contribution in [2.24, 2.45) is 5.73 Å². The minimum atomic E-state index is -1.25. The van der Waals surface area contributed by atoms with E-state index in [2.05, 4.69) is 4.74 Å². The van der Waals surface area contributed by atoms with Crippen LogP contribution in [0.2, 0.25) is 0 Å². The van der Waals surface area contributed by atoms with Gasteiger partial charge < -0.3 is 20.7 Å². The standard InChI is InChI=1S/C10H13NO5/c1-5(9(13)14)16-10(15)6-3-2-4-7(12)8(6)11/h2-5,7-8,12H,11H2,1H3,(H,13,14)/t5-,7-,8-/m0/s1. The molecule has 4 N–H and O–H groups in total. The minimum Gasteiger partial charge on any atom is -0.479 e. The second-order valence-electron chi connectivity index (χ2n) is 3.41. The van der Waals surface area contributed by atoms with Gasteiger partial charge in [-0.3, -0.25) is 0 Å². The highest BCUT2D eigenvalue weighted by molar-refractivity contribution is 5.92. The van der Waals surface area contributed by atoms with Crippen LogP contribution in [0.1, 0.15) is 6.92 Å². The summed E-state index contributed by atoms with van der Waals surface area (Å²) in [4.78, 5) is 22.0. The average Bonchev–Trinajstić information content (AvgIpc) is 2.21. The maximum absolute atomic E-state index is 11.5. The van der Waals surface area contributed by atoms with E-state index in [9.17, 15) is 14.7 Å². The Labute approximate surface area is 92.0 Å². The second-order valence-corrected chi connectivity index (χ2v) is 3.41. The van der Waals surface area contributed by atoms with E-state index in [1.807, 2.05) is 0 Å². The predicted octanol–water partition coefficient (Wildman–Crippen LogP) is -0.813. The highest BCUT2D eigenvalue weighted by Gasteiger charge is 2.28. The molecule has 6 heteroatoms.